The number of hydrogen-bond acceptors (Lipinski definition) is 3. The number of nitrogens with zero attached hydrogens (tertiary/aromatic N) is 2. The van der Waals surface area contributed by atoms with Gasteiger partial charge in [-0.2, -0.15) is 0 Å². The lowest BCUT2D eigenvalue weighted by atomic mass is 9.88. The molecule has 1 saturated carbocycles. The van der Waals surface area contributed by atoms with Crippen LogP contribution in [0.25, 0.3) is 0 Å². The maximum Gasteiger partial charge on any atom is 0.225 e. The molecule has 1 aromatic rings. The molecule has 2 heterocycles. The number of aliphatic imine (C=N–C) groups is 1. The molecule has 1 unspecified atom stereocenters. The number of carbonyl (C=O) groups is 1. The minimum atomic E-state index is 0.257. The summed E-state index contributed by atoms with van der Waals surface area (Å²) < 4.78 is 6.27. The summed E-state index contributed by atoms with van der Waals surface area (Å²) in [7, 11) is 0. The fraction of sp³-hybridized carbons (Fsp3) is 0.700. The second-order valence-electron chi connectivity index (χ2n) is 7.47. The standard InChI is InChI=1S/C20H31BrN4O2/c1-2-22-20(23-12-10-17-8-9-18(21)27-17)24-16-11-13-25(14-16)19(26)15-6-4-3-5-7-15/h8-9,15-16H,2-7,10-14H2,1H3,(H2,22,23,24). The van der Waals surface area contributed by atoms with Crippen LogP contribution >= 0.6 is 15.9 Å². The summed E-state index contributed by atoms with van der Waals surface area (Å²) in [6.07, 6.45) is 7.57. The lowest BCUT2D eigenvalue weighted by Crippen LogP contribution is -2.45. The highest BCUT2D eigenvalue weighted by atomic mass is 79.9. The SMILES string of the molecule is CCNC(=NCCc1ccc(Br)o1)NC1CCN(C(=O)C2CCCCC2)C1. The molecule has 1 aliphatic carbocycles. The average molecular weight is 439 g/mol. The Morgan fingerprint density at radius 1 is 1.30 bits per heavy atom. The van der Waals surface area contributed by atoms with Gasteiger partial charge < -0.3 is 20.0 Å². The first-order valence-electron chi connectivity index (χ1n) is 10.2. The Labute approximate surface area is 170 Å². The van der Waals surface area contributed by atoms with Gasteiger partial charge >= 0.3 is 0 Å². The van der Waals surface area contributed by atoms with Gasteiger partial charge in [0.1, 0.15) is 5.76 Å². The van der Waals surface area contributed by atoms with E-state index in [1.165, 1.54) is 19.3 Å². The van der Waals surface area contributed by atoms with Crippen LogP contribution in [0.4, 0.5) is 0 Å². The quantitative estimate of drug-likeness (QED) is 0.527. The number of amides is 1. The van der Waals surface area contributed by atoms with Crippen molar-refractivity contribution in [2.45, 2.75) is 57.9 Å². The molecule has 0 bridgehead atoms. The fourth-order valence-electron chi connectivity index (χ4n) is 3.96. The Hall–Kier alpha value is -1.50. The summed E-state index contributed by atoms with van der Waals surface area (Å²) >= 11 is 3.32. The second kappa shape index (κ2) is 10.2. The lowest BCUT2D eigenvalue weighted by Gasteiger charge is -2.26. The van der Waals surface area contributed by atoms with Crippen LogP contribution in [0.3, 0.4) is 0 Å². The monoisotopic (exact) mass is 438 g/mol. The smallest absolute Gasteiger partial charge is 0.225 e. The largest absolute Gasteiger partial charge is 0.454 e. The zero-order chi connectivity index (χ0) is 19.1. The maximum absolute atomic E-state index is 12.7. The van der Waals surface area contributed by atoms with Crippen molar-refractivity contribution >= 4 is 27.8 Å². The molecule has 1 amide bonds. The molecule has 0 radical (unpaired) electrons. The third-order valence-electron chi connectivity index (χ3n) is 5.40. The molecule has 3 rings (SSSR count). The van der Waals surface area contributed by atoms with Crippen LogP contribution in [0.15, 0.2) is 26.2 Å². The van der Waals surface area contributed by atoms with Gasteiger partial charge in [-0.1, -0.05) is 19.3 Å². The van der Waals surface area contributed by atoms with Gasteiger partial charge in [0.05, 0.1) is 0 Å². The summed E-state index contributed by atoms with van der Waals surface area (Å²) in [5, 5.41) is 6.81. The van der Waals surface area contributed by atoms with Crippen LogP contribution in [-0.4, -0.2) is 49.0 Å². The van der Waals surface area contributed by atoms with E-state index in [1.807, 2.05) is 12.1 Å². The molecule has 27 heavy (non-hydrogen) atoms. The van der Waals surface area contributed by atoms with E-state index in [4.69, 9.17) is 4.42 Å². The van der Waals surface area contributed by atoms with Crippen LogP contribution in [0.1, 0.15) is 51.2 Å². The molecule has 150 valence electrons. The average Bonchev–Trinajstić information content (AvgIpc) is 3.31. The molecule has 7 heteroatoms. The molecule has 1 saturated heterocycles. The molecule has 6 nitrogen and oxygen atoms in total. The first-order chi connectivity index (χ1) is 13.2. The van der Waals surface area contributed by atoms with Gasteiger partial charge in [-0.05, 0) is 54.2 Å². The Bertz CT molecular complexity index is 640. The first kappa shape index (κ1) is 20.2. The number of guanidine groups is 1. The summed E-state index contributed by atoms with van der Waals surface area (Å²) in [5.41, 5.74) is 0. The highest BCUT2D eigenvalue weighted by Crippen LogP contribution is 2.26. The molecule has 0 aromatic carbocycles. The number of carbonyl (C=O) groups excluding carboxylic acids is 1. The molecule has 2 fully saturated rings. The molecular formula is C20H31BrN4O2. The van der Waals surface area contributed by atoms with E-state index >= 15 is 0 Å². The molecule has 0 spiro atoms. The number of hydrogen-bond donors (Lipinski definition) is 2. The highest BCUT2D eigenvalue weighted by Gasteiger charge is 2.31. The summed E-state index contributed by atoms with van der Waals surface area (Å²) in [6.45, 7) is 5.17. The van der Waals surface area contributed by atoms with Gasteiger partial charge in [0, 0.05) is 44.6 Å². The van der Waals surface area contributed by atoms with Crippen LogP contribution in [0.5, 0.6) is 0 Å². The van der Waals surface area contributed by atoms with Crippen LogP contribution < -0.4 is 10.6 Å². The molecule has 2 aliphatic rings. The topological polar surface area (TPSA) is 69.9 Å². The number of furan rings is 1. The minimum absolute atomic E-state index is 0.257. The van der Waals surface area contributed by atoms with Crippen molar-refractivity contribution in [2.24, 2.45) is 10.9 Å². The number of halogens is 1. The van der Waals surface area contributed by atoms with Crippen LogP contribution in [0.2, 0.25) is 0 Å². The van der Waals surface area contributed by atoms with Crippen molar-refractivity contribution in [3.63, 3.8) is 0 Å². The van der Waals surface area contributed by atoms with Gasteiger partial charge in [0.15, 0.2) is 10.6 Å². The van der Waals surface area contributed by atoms with Gasteiger partial charge in [-0.15, -0.1) is 0 Å². The van der Waals surface area contributed by atoms with Crippen molar-refractivity contribution in [1.29, 1.82) is 0 Å². The van der Waals surface area contributed by atoms with E-state index < -0.39 is 0 Å². The molecule has 1 atom stereocenters. The van der Waals surface area contributed by atoms with E-state index in [1.54, 1.807) is 0 Å². The van der Waals surface area contributed by atoms with Gasteiger partial charge in [0.25, 0.3) is 0 Å². The number of nitrogens with one attached hydrogen (secondary N) is 2. The highest BCUT2D eigenvalue weighted by molar-refractivity contribution is 9.10. The van der Waals surface area contributed by atoms with E-state index in [0.717, 1.165) is 61.7 Å². The zero-order valence-electron chi connectivity index (χ0n) is 16.2. The van der Waals surface area contributed by atoms with Crippen molar-refractivity contribution in [1.82, 2.24) is 15.5 Å². The summed E-state index contributed by atoms with van der Waals surface area (Å²) in [6, 6.07) is 4.14. The first-order valence-corrected chi connectivity index (χ1v) is 11.0. The summed E-state index contributed by atoms with van der Waals surface area (Å²) in [4.78, 5) is 19.4. The molecule has 1 aromatic heterocycles. The third-order valence-corrected chi connectivity index (χ3v) is 5.82. The van der Waals surface area contributed by atoms with E-state index in [0.29, 0.717) is 12.5 Å². The Morgan fingerprint density at radius 3 is 2.81 bits per heavy atom. The van der Waals surface area contributed by atoms with Crippen molar-refractivity contribution in [2.75, 3.05) is 26.2 Å². The lowest BCUT2D eigenvalue weighted by molar-refractivity contribution is -0.135. The normalized spacial score (nSPS) is 21.5. The van der Waals surface area contributed by atoms with E-state index in [9.17, 15) is 4.79 Å². The zero-order valence-corrected chi connectivity index (χ0v) is 17.8. The fourth-order valence-corrected chi connectivity index (χ4v) is 4.30. The van der Waals surface area contributed by atoms with Crippen molar-refractivity contribution in [3.05, 3.63) is 22.6 Å². The Kier molecular flexibility index (Phi) is 7.61. The Balaban J connectivity index is 1.47. The predicted molar refractivity (Wildman–Crippen MR) is 111 cm³/mol. The molecular weight excluding hydrogens is 408 g/mol. The predicted octanol–water partition coefficient (Wildman–Crippen LogP) is 3.32. The minimum Gasteiger partial charge on any atom is -0.454 e. The van der Waals surface area contributed by atoms with Gasteiger partial charge in [0.2, 0.25) is 5.91 Å². The molecule has 1 aliphatic heterocycles. The molecule has 2 N–H and O–H groups in total. The van der Waals surface area contributed by atoms with Crippen molar-refractivity contribution < 1.29 is 9.21 Å². The van der Waals surface area contributed by atoms with Gasteiger partial charge in [-0.25, -0.2) is 0 Å². The van der Waals surface area contributed by atoms with Gasteiger partial charge in [-0.3, -0.25) is 9.79 Å². The Morgan fingerprint density at radius 2 is 2.11 bits per heavy atom. The third kappa shape index (κ3) is 5.99. The number of rotatable bonds is 6. The van der Waals surface area contributed by atoms with E-state index in [-0.39, 0.29) is 12.0 Å². The van der Waals surface area contributed by atoms with Crippen molar-refractivity contribution in [3.8, 4) is 0 Å². The van der Waals surface area contributed by atoms with Crippen LogP contribution in [0, 0.1) is 5.92 Å². The number of likely N-dealkylation sites (tertiary alicyclic amines) is 1. The summed E-state index contributed by atoms with van der Waals surface area (Å²) in [5.74, 6) is 2.36. The van der Waals surface area contributed by atoms with E-state index in [2.05, 4.69) is 43.4 Å². The second-order valence-corrected chi connectivity index (χ2v) is 8.25. The maximum atomic E-state index is 12.7. The van der Waals surface area contributed by atoms with Crippen LogP contribution in [-0.2, 0) is 11.2 Å².